The molecule has 3 aromatic carbocycles. The van der Waals surface area contributed by atoms with Crippen molar-refractivity contribution in [2.75, 3.05) is 4.90 Å². The van der Waals surface area contributed by atoms with Crippen molar-refractivity contribution in [3.8, 4) is 0 Å². The molecule has 0 radical (unpaired) electrons. The average molecular weight is 684 g/mol. The number of hydrogen-bond donors (Lipinski definition) is 0. The number of fused-ring (bicyclic) bond motifs is 2. The van der Waals surface area contributed by atoms with E-state index in [0.717, 1.165) is 20.2 Å². The van der Waals surface area contributed by atoms with Crippen molar-refractivity contribution in [2.24, 2.45) is 11.8 Å². The van der Waals surface area contributed by atoms with Crippen LogP contribution in [0.1, 0.15) is 42.9 Å². The maximum absolute atomic E-state index is 2.82. The van der Waals surface area contributed by atoms with Gasteiger partial charge in [-0.25, -0.2) is 0 Å². The first kappa shape index (κ1) is 31.1. The molecule has 2 unspecified atom stereocenters. The summed E-state index contributed by atoms with van der Waals surface area (Å²) >= 11 is 8.09. The summed E-state index contributed by atoms with van der Waals surface area (Å²) in [6.07, 6.45) is 24.2. The van der Waals surface area contributed by atoms with Crippen LogP contribution in [0.4, 0.5) is 5.69 Å². The fourth-order valence-corrected chi connectivity index (χ4v) is 7.31. The first-order chi connectivity index (χ1) is 21.5. The third-order valence-corrected chi connectivity index (χ3v) is 10.1. The van der Waals surface area contributed by atoms with Crippen molar-refractivity contribution in [1.29, 1.82) is 0 Å². The van der Waals surface area contributed by atoms with Crippen molar-refractivity contribution in [3.63, 3.8) is 0 Å². The molecule has 1 aliphatic heterocycles. The zero-order valence-electron chi connectivity index (χ0n) is 24.8. The summed E-state index contributed by atoms with van der Waals surface area (Å²) in [5.41, 5.74) is 8.36. The summed E-state index contributed by atoms with van der Waals surface area (Å²) < 4.78 is 6.59. The first-order valence-electron chi connectivity index (χ1n) is 15.1. The molecule has 2 atom stereocenters. The first-order valence-corrected chi connectivity index (χ1v) is 17.3. The van der Waals surface area contributed by atoms with Gasteiger partial charge in [0.2, 0.25) is 0 Å². The van der Waals surface area contributed by atoms with Crippen LogP contribution in [0.15, 0.2) is 128 Å². The standard InChI is InChI=1S/C39H34N2.3V/c1-3-15-33(32-18-6-4-7-19-32)27-41-29-35(37-22-10-12-24-39(37)41)26-34-28-40(38-23-11-9-21-36(34)38)25-13-5-8-17-31-20-14-16-30(31)2;;;/h1,3-13,15,17-19,21-24,26-28,30-31H,14,16,20H2,2H3;;;/q;;;+2. The molecule has 0 saturated heterocycles. The van der Waals surface area contributed by atoms with Gasteiger partial charge in [-0.1, -0.05) is 0 Å². The molecule has 0 amide bonds. The Morgan fingerprint density at radius 2 is 1.66 bits per heavy atom. The second-order valence-electron chi connectivity index (χ2n) is 11.4. The van der Waals surface area contributed by atoms with E-state index >= 15 is 0 Å². The second-order valence-corrected chi connectivity index (χ2v) is 13.2. The number of hydrogen-bond acceptors (Lipinski definition) is 1. The molecule has 2 heterocycles. The topological polar surface area (TPSA) is 8.17 Å². The molecule has 0 bridgehead atoms. The van der Waals surface area contributed by atoms with Gasteiger partial charge in [0.25, 0.3) is 0 Å². The van der Waals surface area contributed by atoms with Gasteiger partial charge in [0.05, 0.1) is 0 Å². The van der Waals surface area contributed by atoms with Crippen LogP contribution < -0.4 is 4.90 Å². The van der Waals surface area contributed by atoms with Crippen LogP contribution in [0.2, 0.25) is 0 Å². The number of aromatic nitrogens is 1. The Labute approximate surface area is 288 Å². The Morgan fingerprint density at radius 1 is 0.886 bits per heavy atom. The van der Waals surface area contributed by atoms with E-state index in [1.54, 1.807) is 0 Å². The second kappa shape index (κ2) is 14.4. The van der Waals surface area contributed by atoms with Gasteiger partial charge in [-0.3, -0.25) is 0 Å². The average Bonchev–Trinajstić information content (AvgIpc) is 3.72. The van der Waals surface area contributed by atoms with Gasteiger partial charge in [-0.05, 0) is 0 Å². The van der Waals surface area contributed by atoms with E-state index in [1.807, 2.05) is 4.73 Å². The van der Waals surface area contributed by atoms with Crippen LogP contribution in [-0.2, 0) is 50.9 Å². The Morgan fingerprint density at radius 3 is 2.45 bits per heavy atom. The molecule has 44 heavy (non-hydrogen) atoms. The van der Waals surface area contributed by atoms with Crippen molar-refractivity contribution in [1.82, 2.24) is 4.57 Å². The molecule has 2 aliphatic rings. The molecule has 2 nitrogen and oxygen atoms in total. The van der Waals surface area contributed by atoms with E-state index in [9.17, 15) is 0 Å². The molecule has 1 aliphatic carbocycles. The summed E-state index contributed by atoms with van der Waals surface area (Å²) in [6.45, 7) is 2.38. The summed E-state index contributed by atoms with van der Waals surface area (Å²) in [7, 11) is 0. The zero-order chi connectivity index (χ0) is 30.5. The van der Waals surface area contributed by atoms with E-state index < -0.39 is 0 Å². The quantitative estimate of drug-likeness (QED) is 0.160. The number of benzene rings is 3. The third kappa shape index (κ3) is 6.68. The number of rotatable bonds is 9. The molecule has 6 rings (SSSR count). The molecule has 0 N–H and O–H groups in total. The molecule has 5 heteroatoms. The van der Waals surface area contributed by atoms with E-state index in [-0.39, 0.29) is 0 Å². The monoisotopic (exact) mass is 683 g/mol. The van der Waals surface area contributed by atoms with Crippen LogP contribution >= 0.6 is 0 Å². The molecule has 1 aromatic heterocycles. The number of nitrogens with zero attached hydrogens (tertiary/aromatic N) is 2. The SMILES string of the molecule is CC1CCCC1C=CC=C[C](=[V+2])n1cc(C=C2[C](=[V])N(C=C(C=C[CH]=[V])c3ccccc3)c3ccccc32)c2ccccc21. The summed E-state index contributed by atoms with van der Waals surface area (Å²) in [5.74, 6) is 1.51. The number of anilines is 1. The predicted molar refractivity (Wildman–Crippen MR) is 179 cm³/mol. The van der Waals surface area contributed by atoms with E-state index in [0.29, 0.717) is 5.92 Å². The van der Waals surface area contributed by atoms with E-state index in [4.69, 9.17) is 0 Å². The Hall–Kier alpha value is -2.94. The molecular formula is C39H34N2V3+2. The zero-order valence-corrected chi connectivity index (χ0v) is 29.0. The van der Waals surface area contributed by atoms with Crippen LogP contribution in [0.25, 0.3) is 28.1 Å². The third-order valence-electron chi connectivity index (χ3n) is 8.59. The fraction of sp³-hybridized carbons (Fsp3) is 0.154. The van der Waals surface area contributed by atoms with Gasteiger partial charge in [0, 0.05) is 0 Å². The Bertz CT molecular complexity index is 1870. The van der Waals surface area contributed by atoms with Gasteiger partial charge < -0.3 is 0 Å². The van der Waals surface area contributed by atoms with Crippen LogP contribution in [0.5, 0.6) is 0 Å². The molecule has 0 spiro atoms. The van der Waals surface area contributed by atoms with Gasteiger partial charge in [0.15, 0.2) is 0 Å². The van der Waals surface area contributed by atoms with Crippen molar-refractivity contribution in [2.45, 2.75) is 26.2 Å². The molecule has 1 fully saturated rings. The summed E-state index contributed by atoms with van der Waals surface area (Å²) in [4.78, 5) is 2.31. The van der Waals surface area contributed by atoms with E-state index in [2.05, 4.69) is 201 Å². The van der Waals surface area contributed by atoms with Gasteiger partial charge >= 0.3 is 290 Å². The summed E-state index contributed by atoms with van der Waals surface area (Å²) in [5, 5.41) is 1.24. The minimum absolute atomic E-state index is 0.714. The fourth-order valence-electron chi connectivity index (χ4n) is 6.23. The number of para-hydroxylation sites is 2. The summed E-state index contributed by atoms with van der Waals surface area (Å²) in [6, 6.07) is 27.9. The van der Waals surface area contributed by atoms with Crippen LogP contribution in [-0.4, -0.2) is 18.0 Å². The normalized spacial score (nSPS) is 19.8. The minimum atomic E-state index is 0.714. The van der Waals surface area contributed by atoms with Gasteiger partial charge in [0.1, 0.15) is 0 Å². The molecule has 1 saturated carbocycles. The van der Waals surface area contributed by atoms with Crippen molar-refractivity contribution < 1.29 is 50.9 Å². The van der Waals surface area contributed by atoms with E-state index in [1.165, 1.54) is 58.1 Å². The van der Waals surface area contributed by atoms with Crippen molar-refractivity contribution in [3.05, 3.63) is 144 Å². The maximum atomic E-state index is 2.82. The van der Waals surface area contributed by atoms with Crippen LogP contribution in [0, 0.1) is 11.8 Å². The molecular weight excluding hydrogens is 649 g/mol. The predicted octanol–water partition coefficient (Wildman–Crippen LogP) is 8.70. The van der Waals surface area contributed by atoms with Gasteiger partial charge in [-0.15, -0.1) is 0 Å². The Balaban J connectivity index is 1.36. The number of allylic oxidation sites excluding steroid dienone is 7. The van der Waals surface area contributed by atoms with Crippen LogP contribution in [0.3, 0.4) is 0 Å². The molecule has 213 valence electrons. The van der Waals surface area contributed by atoms with Gasteiger partial charge in [-0.2, -0.15) is 0 Å². The van der Waals surface area contributed by atoms with Crippen molar-refractivity contribution >= 4 is 47.2 Å². The molecule has 4 aromatic rings. The Kier molecular flexibility index (Phi) is 10.2.